The molecule has 4 bridgehead atoms. The molecular weight excluding hydrogens is 757 g/mol. The van der Waals surface area contributed by atoms with E-state index in [-0.39, 0.29) is 0 Å². The first-order valence-corrected chi connectivity index (χ1v) is 23.0. The van der Waals surface area contributed by atoms with Gasteiger partial charge in [-0.05, 0) is 174 Å². The summed E-state index contributed by atoms with van der Waals surface area (Å²) in [7, 11) is 0. The lowest BCUT2D eigenvalue weighted by Gasteiger charge is -2.57. The van der Waals surface area contributed by atoms with Crippen molar-refractivity contribution in [2.75, 3.05) is 9.80 Å². The van der Waals surface area contributed by atoms with Crippen LogP contribution in [0.25, 0.3) is 42.4 Å². The summed E-state index contributed by atoms with van der Waals surface area (Å²) in [4.78, 5) is 4.72. The lowest BCUT2D eigenvalue weighted by molar-refractivity contribution is -0.00518. The van der Waals surface area contributed by atoms with Gasteiger partial charge in [0.15, 0.2) is 0 Å². The first-order valence-electron chi connectivity index (χ1n) is 22.2. The number of thiophene rings is 1. The average Bonchev–Trinajstić information content (AvgIpc) is 3.68. The predicted molar refractivity (Wildman–Crippen MR) is 259 cm³/mol. The summed E-state index contributed by atoms with van der Waals surface area (Å²) < 4.78 is 2.63. The van der Waals surface area contributed by atoms with E-state index >= 15 is 0 Å². The van der Waals surface area contributed by atoms with Crippen LogP contribution in [-0.4, -0.2) is 0 Å². The molecule has 3 heteroatoms. The molecular formula is C58H48N2S. The number of nitrogens with zero attached hydrogens (tertiary/aromatic N) is 2. The first-order chi connectivity index (χ1) is 30.1. The van der Waals surface area contributed by atoms with Gasteiger partial charge in [-0.25, -0.2) is 0 Å². The quantitative estimate of drug-likeness (QED) is 0.143. The van der Waals surface area contributed by atoms with E-state index in [1.54, 1.807) is 5.56 Å². The third kappa shape index (κ3) is 6.63. The van der Waals surface area contributed by atoms with Crippen molar-refractivity contribution >= 4 is 65.6 Å². The van der Waals surface area contributed by atoms with Crippen molar-refractivity contribution in [1.82, 2.24) is 0 Å². The van der Waals surface area contributed by atoms with Crippen LogP contribution < -0.4 is 9.80 Å². The van der Waals surface area contributed by atoms with Gasteiger partial charge < -0.3 is 9.80 Å². The van der Waals surface area contributed by atoms with E-state index in [1.807, 2.05) is 11.3 Å². The topological polar surface area (TPSA) is 6.48 Å². The minimum absolute atomic E-state index is 0.437. The van der Waals surface area contributed by atoms with Crippen LogP contribution in [0.2, 0.25) is 0 Å². The van der Waals surface area contributed by atoms with Crippen molar-refractivity contribution in [2.45, 2.75) is 43.9 Å². The van der Waals surface area contributed by atoms with E-state index in [0.29, 0.717) is 5.41 Å². The van der Waals surface area contributed by atoms with E-state index in [2.05, 4.69) is 210 Å². The van der Waals surface area contributed by atoms with Gasteiger partial charge in [-0.15, -0.1) is 11.3 Å². The Morgan fingerprint density at radius 2 is 0.721 bits per heavy atom. The van der Waals surface area contributed by atoms with Gasteiger partial charge >= 0.3 is 0 Å². The SMILES string of the molecule is c1ccc(N(c2ccc(-c3ccc(N(c4ccccc4)c4ccc5sc6ccccc6c5c4)cc3)cc2)c2ccc(-c3ccc(C45CC6CC(CC(C6)C4)C5)cc3)cc2)cc1. The van der Waals surface area contributed by atoms with E-state index in [0.717, 1.165) is 51.9 Å². The summed E-state index contributed by atoms with van der Waals surface area (Å²) in [5.41, 5.74) is 13.8. The van der Waals surface area contributed by atoms with Gasteiger partial charge in [0, 0.05) is 54.3 Å². The van der Waals surface area contributed by atoms with E-state index in [1.165, 1.54) is 81.0 Å². The monoisotopic (exact) mass is 804 g/mol. The Morgan fingerprint density at radius 1 is 0.344 bits per heavy atom. The number of anilines is 6. The Kier molecular flexibility index (Phi) is 8.92. The molecule has 8 aromatic carbocycles. The summed E-state index contributed by atoms with van der Waals surface area (Å²) >= 11 is 1.86. The first kappa shape index (κ1) is 36.4. The number of benzene rings is 8. The molecule has 1 aromatic heterocycles. The van der Waals surface area contributed by atoms with Crippen LogP contribution in [0.15, 0.2) is 200 Å². The fourth-order valence-corrected chi connectivity index (χ4v) is 12.9. The Bertz CT molecular complexity index is 2930. The standard InChI is InChI=1S/C58H48N2S/c1-3-9-48(10-4-1)59(50-25-17-44(18-26-50)43-15-23-47(24-16-43)58-37-40-33-41(38-58)35-42(34-40)39-58)51-27-19-45(20-28-51)46-21-29-52(30-22-46)60(49-11-5-2-6-12-49)53-31-32-57-55(36-53)54-13-7-8-14-56(54)61-57/h1-32,36,40-42H,33-35,37-39H2. The lowest BCUT2D eigenvalue weighted by Crippen LogP contribution is -2.48. The summed E-state index contributed by atoms with van der Waals surface area (Å²) in [6.07, 6.45) is 8.70. The zero-order chi connectivity index (χ0) is 40.3. The number of fused-ring (bicyclic) bond motifs is 3. The molecule has 0 spiro atoms. The van der Waals surface area contributed by atoms with Crippen molar-refractivity contribution in [3.63, 3.8) is 0 Å². The van der Waals surface area contributed by atoms with Gasteiger partial charge in [0.25, 0.3) is 0 Å². The number of rotatable bonds is 9. The van der Waals surface area contributed by atoms with Crippen molar-refractivity contribution in [3.8, 4) is 22.3 Å². The maximum absolute atomic E-state index is 2.47. The van der Waals surface area contributed by atoms with Gasteiger partial charge in [-0.3, -0.25) is 0 Å². The van der Waals surface area contributed by atoms with Crippen LogP contribution in [0.4, 0.5) is 34.1 Å². The Labute approximate surface area is 363 Å². The second-order valence-electron chi connectivity index (χ2n) is 18.0. The molecule has 61 heavy (non-hydrogen) atoms. The molecule has 0 atom stereocenters. The summed E-state index contributed by atoms with van der Waals surface area (Å²) in [5.74, 6) is 2.89. The Balaban J connectivity index is 0.813. The summed E-state index contributed by atoms with van der Waals surface area (Å²) in [6.45, 7) is 0. The van der Waals surface area contributed by atoms with Crippen LogP contribution in [0, 0.1) is 17.8 Å². The van der Waals surface area contributed by atoms with E-state index in [9.17, 15) is 0 Å². The normalized spacial score (nSPS) is 20.3. The van der Waals surface area contributed by atoms with Crippen LogP contribution in [0.5, 0.6) is 0 Å². The van der Waals surface area contributed by atoms with Crippen LogP contribution in [-0.2, 0) is 5.41 Å². The molecule has 0 N–H and O–H groups in total. The minimum Gasteiger partial charge on any atom is -0.311 e. The number of hydrogen-bond donors (Lipinski definition) is 0. The smallest absolute Gasteiger partial charge is 0.0468 e. The third-order valence-electron chi connectivity index (χ3n) is 14.2. The maximum atomic E-state index is 2.47. The second kappa shape index (κ2) is 14.9. The fraction of sp³-hybridized carbons (Fsp3) is 0.172. The highest BCUT2D eigenvalue weighted by Gasteiger charge is 2.51. The van der Waals surface area contributed by atoms with Gasteiger partial charge in [0.1, 0.15) is 0 Å². The molecule has 0 radical (unpaired) electrons. The number of para-hydroxylation sites is 2. The Morgan fingerprint density at radius 3 is 1.21 bits per heavy atom. The molecule has 2 nitrogen and oxygen atoms in total. The zero-order valence-electron chi connectivity index (χ0n) is 34.3. The fourth-order valence-electron chi connectivity index (χ4n) is 11.8. The van der Waals surface area contributed by atoms with Crippen LogP contribution in [0.1, 0.15) is 44.1 Å². The molecule has 4 aliphatic rings. The van der Waals surface area contributed by atoms with E-state index < -0.39 is 0 Å². The molecule has 0 saturated heterocycles. The van der Waals surface area contributed by atoms with Crippen molar-refractivity contribution < 1.29 is 0 Å². The molecule has 13 rings (SSSR count). The molecule has 4 fully saturated rings. The molecule has 4 saturated carbocycles. The molecule has 0 unspecified atom stereocenters. The second-order valence-corrected chi connectivity index (χ2v) is 19.1. The van der Waals surface area contributed by atoms with Crippen LogP contribution in [0.3, 0.4) is 0 Å². The van der Waals surface area contributed by atoms with Crippen LogP contribution >= 0.6 is 11.3 Å². The molecule has 4 aliphatic carbocycles. The molecule has 296 valence electrons. The Hall–Kier alpha value is -6.42. The van der Waals surface area contributed by atoms with Crippen molar-refractivity contribution in [2.24, 2.45) is 17.8 Å². The van der Waals surface area contributed by atoms with Gasteiger partial charge in [-0.1, -0.05) is 115 Å². The van der Waals surface area contributed by atoms with Crippen molar-refractivity contribution in [1.29, 1.82) is 0 Å². The molecule has 9 aromatic rings. The van der Waals surface area contributed by atoms with Gasteiger partial charge in [-0.2, -0.15) is 0 Å². The zero-order valence-corrected chi connectivity index (χ0v) is 35.1. The van der Waals surface area contributed by atoms with Gasteiger partial charge in [0.05, 0.1) is 0 Å². The summed E-state index contributed by atoms with van der Waals surface area (Å²) in [6, 6.07) is 73.9. The summed E-state index contributed by atoms with van der Waals surface area (Å²) in [5, 5.41) is 2.61. The molecule has 0 aliphatic heterocycles. The third-order valence-corrected chi connectivity index (χ3v) is 15.4. The predicted octanol–water partition coefficient (Wildman–Crippen LogP) is 16.8. The highest BCUT2D eigenvalue weighted by Crippen LogP contribution is 2.60. The lowest BCUT2D eigenvalue weighted by atomic mass is 9.48. The van der Waals surface area contributed by atoms with E-state index in [4.69, 9.17) is 0 Å². The molecule has 1 heterocycles. The van der Waals surface area contributed by atoms with Crippen molar-refractivity contribution in [3.05, 3.63) is 206 Å². The maximum Gasteiger partial charge on any atom is 0.0468 e. The minimum atomic E-state index is 0.437. The highest BCUT2D eigenvalue weighted by molar-refractivity contribution is 7.25. The largest absolute Gasteiger partial charge is 0.311 e. The number of hydrogen-bond acceptors (Lipinski definition) is 3. The average molecular weight is 805 g/mol. The highest BCUT2D eigenvalue weighted by atomic mass is 32.1. The van der Waals surface area contributed by atoms with Gasteiger partial charge in [0.2, 0.25) is 0 Å². The molecule has 0 amide bonds.